The Balaban J connectivity index is 3.20. The zero-order valence-corrected chi connectivity index (χ0v) is 15.6. The lowest BCUT2D eigenvalue weighted by Crippen LogP contribution is -2.52. The van der Waals surface area contributed by atoms with Crippen molar-refractivity contribution in [2.75, 3.05) is 14.2 Å². The monoisotopic (exact) mass is 377 g/mol. The van der Waals surface area contributed by atoms with Gasteiger partial charge in [-0.05, 0) is 30.4 Å². The van der Waals surface area contributed by atoms with E-state index in [4.69, 9.17) is 9.47 Å². The van der Waals surface area contributed by atoms with Crippen molar-refractivity contribution in [2.24, 2.45) is 5.41 Å². The number of halogens is 3. The molecule has 0 fully saturated rings. The summed E-state index contributed by atoms with van der Waals surface area (Å²) >= 11 is 0. The molecule has 1 rings (SSSR count). The number of methoxy groups -OCH3 is 2. The summed E-state index contributed by atoms with van der Waals surface area (Å²) in [7, 11) is 2.65. The Morgan fingerprint density at radius 1 is 1.19 bits per heavy atom. The van der Waals surface area contributed by atoms with Crippen LogP contribution >= 0.6 is 0 Å². The lowest BCUT2D eigenvalue weighted by atomic mass is 9.88. The second kappa shape index (κ2) is 8.62. The summed E-state index contributed by atoms with van der Waals surface area (Å²) in [6.45, 7) is 5.65. The van der Waals surface area contributed by atoms with E-state index in [1.807, 2.05) is 26.1 Å². The van der Waals surface area contributed by atoms with E-state index in [0.29, 0.717) is 6.42 Å². The standard InChI is InChI=1S/C18H26F3NO4/c1-17(2,3)9-8-12(15(23)24)22-18(21,16(19)20)11-6-7-13(25-4)14(10-11)26-5/h6-7,10,12,16,22H,8-9H2,1-5H3,(H,23,24)/t12-,18?/m0/s1. The molecule has 0 aliphatic carbocycles. The highest BCUT2D eigenvalue weighted by atomic mass is 19.3. The second-order valence-electron chi connectivity index (χ2n) is 7.22. The van der Waals surface area contributed by atoms with Gasteiger partial charge in [-0.2, -0.15) is 0 Å². The van der Waals surface area contributed by atoms with E-state index < -0.39 is 29.8 Å². The lowest BCUT2D eigenvalue weighted by Gasteiger charge is -2.31. The number of aliphatic carboxylic acids is 1. The number of carbonyl (C=O) groups is 1. The van der Waals surface area contributed by atoms with E-state index in [9.17, 15) is 18.7 Å². The van der Waals surface area contributed by atoms with Crippen LogP contribution in [0.2, 0.25) is 0 Å². The molecule has 0 bridgehead atoms. The van der Waals surface area contributed by atoms with Crippen LogP contribution in [-0.4, -0.2) is 37.8 Å². The maximum absolute atomic E-state index is 15.2. The zero-order chi connectivity index (χ0) is 20.1. The first-order valence-corrected chi connectivity index (χ1v) is 8.14. The summed E-state index contributed by atoms with van der Waals surface area (Å²) in [5.41, 5.74) is -0.658. The number of rotatable bonds is 9. The molecule has 0 aliphatic heterocycles. The van der Waals surface area contributed by atoms with Gasteiger partial charge in [0.25, 0.3) is 6.43 Å². The van der Waals surface area contributed by atoms with E-state index >= 15 is 4.39 Å². The molecule has 0 heterocycles. The van der Waals surface area contributed by atoms with Crippen LogP contribution < -0.4 is 14.8 Å². The molecule has 1 unspecified atom stereocenters. The summed E-state index contributed by atoms with van der Waals surface area (Å²) < 4.78 is 52.4. The fourth-order valence-electron chi connectivity index (χ4n) is 2.42. The highest BCUT2D eigenvalue weighted by Crippen LogP contribution is 2.37. The zero-order valence-electron chi connectivity index (χ0n) is 15.6. The fraction of sp³-hybridized carbons (Fsp3) is 0.611. The quantitative estimate of drug-likeness (QED) is 0.638. The van der Waals surface area contributed by atoms with Gasteiger partial charge >= 0.3 is 5.97 Å². The molecule has 0 radical (unpaired) electrons. The van der Waals surface area contributed by atoms with Gasteiger partial charge in [0, 0.05) is 5.56 Å². The molecule has 1 aromatic rings. The van der Waals surface area contributed by atoms with Gasteiger partial charge in [-0.1, -0.05) is 26.8 Å². The molecule has 2 N–H and O–H groups in total. The average molecular weight is 377 g/mol. The first-order valence-electron chi connectivity index (χ1n) is 8.14. The number of hydrogen-bond donors (Lipinski definition) is 2. The Labute approximate surface area is 151 Å². The van der Waals surface area contributed by atoms with Gasteiger partial charge in [0.05, 0.1) is 14.2 Å². The van der Waals surface area contributed by atoms with Crippen LogP contribution in [0.4, 0.5) is 13.2 Å². The summed E-state index contributed by atoms with van der Waals surface area (Å²) in [5.74, 6) is -4.43. The van der Waals surface area contributed by atoms with Crippen molar-refractivity contribution >= 4 is 5.97 Å². The number of carboxylic acid groups (broad SMARTS) is 1. The second-order valence-corrected chi connectivity index (χ2v) is 7.22. The van der Waals surface area contributed by atoms with Crippen LogP contribution in [0.3, 0.4) is 0 Å². The molecule has 148 valence electrons. The van der Waals surface area contributed by atoms with Crippen molar-refractivity contribution in [2.45, 2.75) is 51.9 Å². The summed E-state index contributed by atoms with van der Waals surface area (Å²) in [6.07, 6.45) is -3.07. The molecule has 1 aromatic carbocycles. The molecule has 5 nitrogen and oxygen atoms in total. The molecule has 8 heteroatoms. The largest absolute Gasteiger partial charge is 0.493 e. The Morgan fingerprint density at radius 2 is 1.77 bits per heavy atom. The molecular weight excluding hydrogens is 351 g/mol. The van der Waals surface area contributed by atoms with Crippen LogP contribution in [0.5, 0.6) is 11.5 Å². The van der Waals surface area contributed by atoms with Gasteiger partial charge in [0.2, 0.25) is 5.79 Å². The molecule has 0 spiro atoms. The molecule has 0 saturated carbocycles. The summed E-state index contributed by atoms with van der Waals surface area (Å²) in [5, 5.41) is 11.3. The minimum Gasteiger partial charge on any atom is -0.493 e. The number of alkyl halides is 3. The summed E-state index contributed by atoms with van der Waals surface area (Å²) in [4.78, 5) is 11.5. The van der Waals surface area contributed by atoms with Gasteiger partial charge < -0.3 is 14.6 Å². The molecule has 0 saturated heterocycles. The minimum atomic E-state index is -3.49. The van der Waals surface area contributed by atoms with E-state index in [0.717, 1.165) is 12.1 Å². The Morgan fingerprint density at radius 3 is 2.19 bits per heavy atom. The van der Waals surface area contributed by atoms with Gasteiger partial charge in [-0.15, -0.1) is 0 Å². The van der Waals surface area contributed by atoms with Gasteiger partial charge in [0.15, 0.2) is 11.5 Å². The summed E-state index contributed by atoms with van der Waals surface area (Å²) in [6, 6.07) is 2.00. The molecular formula is C18H26F3NO4. The fourth-order valence-corrected chi connectivity index (χ4v) is 2.42. The predicted molar refractivity (Wildman–Crippen MR) is 91.6 cm³/mol. The van der Waals surface area contributed by atoms with Gasteiger partial charge in [-0.25, -0.2) is 13.2 Å². The highest BCUT2D eigenvalue weighted by Gasteiger charge is 2.45. The van der Waals surface area contributed by atoms with E-state index in [2.05, 4.69) is 0 Å². The topological polar surface area (TPSA) is 67.8 Å². The third kappa shape index (κ3) is 5.52. The predicted octanol–water partition coefficient (Wildman–Crippen LogP) is 3.96. The number of nitrogens with one attached hydrogen (secondary N) is 1. The third-order valence-corrected chi connectivity index (χ3v) is 3.97. The first-order chi connectivity index (χ1) is 11.9. The number of ether oxygens (including phenoxy) is 2. The van der Waals surface area contributed by atoms with Crippen LogP contribution in [-0.2, 0) is 10.6 Å². The lowest BCUT2D eigenvalue weighted by molar-refractivity contribution is -0.144. The molecule has 0 aromatic heterocycles. The average Bonchev–Trinajstić information content (AvgIpc) is 2.56. The third-order valence-electron chi connectivity index (χ3n) is 3.97. The maximum atomic E-state index is 15.2. The van der Waals surface area contributed by atoms with Crippen LogP contribution in [0, 0.1) is 5.41 Å². The van der Waals surface area contributed by atoms with Crippen molar-refractivity contribution in [3.05, 3.63) is 23.8 Å². The number of carboxylic acids is 1. The van der Waals surface area contributed by atoms with Gasteiger partial charge in [-0.3, -0.25) is 10.1 Å². The number of benzene rings is 1. The van der Waals surface area contributed by atoms with E-state index in [1.165, 1.54) is 20.3 Å². The van der Waals surface area contributed by atoms with E-state index in [1.54, 1.807) is 0 Å². The molecule has 26 heavy (non-hydrogen) atoms. The maximum Gasteiger partial charge on any atom is 0.320 e. The molecule has 2 atom stereocenters. The highest BCUT2D eigenvalue weighted by molar-refractivity contribution is 5.73. The van der Waals surface area contributed by atoms with Crippen molar-refractivity contribution in [1.82, 2.24) is 5.32 Å². The Bertz CT molecular complexity index is 619. The van der Waals surface area contributed by atoms with E-state index in [-0.39, 0.29) is 23.3 Å². The first kappa shape index (κ1) is 22.1. The van der Waals surface area contributed by atoms with Crippen molar-refractivity contribution < 1.29 is 32.5 Å². The van der Waals surface area contributed by atoms with Crippen LogP contribution in [0.25, 0.3) is 0 Å². The van der Waals surface area contributed by atoms with Crippen LogP contribution in [0.1, 0.15) is 39.2 Å². The molecule has 0 amide bonds. The minimum absolute atomic E-state index is 0.00448. The van der Waals surface area contributed by atoms with Crippen LogP contribution in [0.15, 0.2) is 18.2 Å². The Hall–Kier alpha value is -1.96. The smallest absolute Gasteiger partial charge is 0.320 e. The SMILES string of the molecule is COc1ccc(C(F)(N[C@@H](CCC(C)(C)C)C(=O)O)C(F)F)cc1OC. The van der Waals surface area contributed by atoms with Crippen molar-refractivity contribution in [3.63, 3.8) is 0 Å². The normalized spacial score (nSPS) is 15.4. The van der Waals surface area contributed by atoms with Gasteiger partial charge in [0.1, 0.15) is 6.04 Å². The van der Waals surface area contributed by atoms with Crippen molar-refractivity contribution in [3.8, 4) is 11.5 Å². The van der Waals surface area contributed by atoms with Crippen molar-refractivity contribution in [1.29, 1.82) is 0 Å². The number of hydrogen-bond acceptors (Lipinski definition) is 4. The Kier molecular flexibility index (Phi) is 7.32. The molecule has 0 aliphatic rings.